The maximum atomic E-state index is 12.9. The van der Waals surface area contributed by atoms with Gasteiger partial charge in [-0.15, -0.1) is 11.3 Å². The number of piperazine rings is 1. The lowest BCUT2D eigenvalue weighted by molar-refractivity contribution is 0.385. The Kier molecular flexibility index (Phi) is 5.66. The van der Waals surface area contributed by atoms with E-state index < -0.39 is 10.0 Å². The van der Waals surface area contributed by atoms with Crippen LogP contribution >= 0.6 is 22.9 Å². The minimum atomic E-state index is -3.50. The van der Waals surface area contributed by atoms with Crippen LogP contribution in [0.2, 0.25) is 5.02 Å². The maximum Gasteiger partial charge on any atom is 0.243 e. The first-order valence-electron chi connectivity index (χ1n) is 9.39. The van der Waals surface area contributed by atoms with Crippen molar-refractivity contribution in [1.29, 1.82) is 0 Å². The van der Waals surface area contributed by atoms with Crippen molar-refractivity contribution in [3.05, 3.63) is 64.0 Å². The Labute approximate surface area is 180 Å². The first-order chi connectivity index (χ1) is 13.9. The fourth-order valence-electron chi connectivity index (χ4n) is 3.44. The minimum absolute atomic E-state index is 0.279. The van der Waals surface area contributed by atoms with Crippen molar-refractivity contribution in [1.82, 2.24) is 9.29 Å². The molecule has 1 aliphatic heterocycles. The molecule has 0 saturated carbocycles. The van der Waals surface area contributed by atoms with Gasteiger partial charge in [0.15, 0.2) is 5.13 Å². The second kappa shape index (κ2) is 8.07. The molecular weight excluding hydrogens is 426 g/mol. The molecule has 0 N–H and O–H groups in total. The van der Waals surface area contributed by atoms with Crippen molar-refractivity contribution in [3.8, 4) is 11.3 Å². The summed E-state index contributed by atoms with van der Waals surface area (Å²) in [6.07, 6.45) is 0. The summed E-state index contributed by atoms with van der Waals surface area (Å²) in [5.41, 5.74) is 4.61. The minimum Gasteiger partial charge on any atom is -0.345 e. The van der Waals surface area contributed by atoms with Gasteiger partial charge in [0.05, 0.1) is 10.6 Å². The Morgan fingerprint density at radius 3 is 2.38 bits per heavy atom. The molecular formula is C21H22ClN3O2S2. The summed E-state index contributed by atoms with van der Waals surface area (Å²) in [5, 5.41) is 3.54. The number of anilines is 1. The summed E-state index contributed by atoms with van der Waals surface area (Å²) in [6, 6.07) is 12.6. The molecule has 5 nitrogen and oxygen atoms in total. The number of aryl methyl sites for hydroxylation is 1. The van der Waals surface area contributed by atoms with Crippen LogP contribution < -0.4 is 4.90 Å². The lowest BCUT2D eigenvalue weighted by atomic mass is 10.0. The molecule has 8 heteroatoms. The number of hydrogen-bond acceptors (Lipinski definition) is 5. The predicted octanol–water partition coefficient (Wildman–Crippen LogP) is 4.59. The van der Waals surface area contributed by atoms with Crippen LogP contribution in [-0.2, 0) is 10.0 Å². The quantitative estimate of drug-likeness (QED) is 0.586. The number of halogens is 1. The summed E-state index contributed by atoms with van der Waals surface area (Å²) >= 11 is 7.48. The summed E-state index contributed by atoms with van der Waals surface area (Å²) in [5.74, 6) is 0. The third-order valence-corrected chi connectivity index (χ3v) is 8.40. The van der Waals surface area contributed by atoms with E-state index in [-0.39, 0.29) is 4.90 Å². The highest BCUT2D eigenvalue weighted by Crippen LogP contribution is 2.31. The van der Waals surface area contributed by atoms with E-state index in [2.05, 4.69) is 42.3 Å². The molecule has 0 atom stereocenters. The molecule has 1 fully saturated rings. The molecule has 2 aromatic carbocycles. The van der Waals surface area contributed by atoms with E-state index in [1.165, 1.54) is 15.4 Å². The normalized spacial score (nSPS) is 15.6. The Balaban J connectivity index is 1.47. The van der Waals surface area contributed by atoms with E-state index in [0.29, 0.717) is 31.2 Å². The van der Waals surface area contributed by atoms with Crippen LogP contribution in [0.5, 0.6) is 0 Å². The molecule has 0 unspecified atom stereocenters. The Bertz CT molecular complexity index is 1120. The van der Waals surface area contributed by atoms with Crippen LogP contribution in [-0.4, -0.2) is 43.9 Å². The van der Waals surface area contributed by atoms with Crippen molar-refractivity contribution < 1.29 is 8.42 Å². The number of thiazole rings is 1. The van der Waals surface area contributed by atoms with Crippen molar-refractivity contribution >= 4 is 38.1 Å². The molecule has 1 saturated heterocycles. The zero-order valence-corrected chi connectivity index (χ0v) is 18.7. The van der Waals surface area contributed by atoms with E-state index in [0.717, 1.165) is 16.4 Å². The number of aromatic nitrogens is 1. The summed E-state index contributed by atoms with van der Waals surface area (Å²) < 4.78 is 27.2. The molecule has 0 amide bonds. The Hall–Kier alpha value is -1.93. The summed E-state index contributed by atoms with van der Waals surface area (Å²) in [6.45, 7) is 6.32. The van der Waals surface area contributed by atoms with Crippen LogP contribution in [0.1, 0.15) is 11.1 Å². The fraction of sp³-hybridized carbons (Fsp3) is 0.286. The van der Waals surface area contributed by atoms with Crippen molar-refractivity contribution in [3.63, 3.8) is 0 Å². The van der Waals surface area contributed by atoms with Crippen molar-refractivity contribution in [2.75, 3.05) is 31.1 Å². The molecule has 4 rings (SSSR count). The summed E-state index contributed by atoms with van der Waals surface area (Å²) in [7, 11) is -3.50. The summed E-state index contributed by atoms with van der Waals surface area (Å²) in [4.78, 5) is 7.26. The van der Waals surface area contributed by atoms with Gasteiger partial charge in [0.25, 0.3) is 0 Å². The third kappa shape index (κ3) is 4.05. The molecule has 0 aliphatic carbocycles. The van der Waals surface area contributed by atoms with Gasteiger partial charge in [-0.2, -0.15) is 4.31 Å². The Morgan fingerprint density at radius 1 is 1.00 bits per heavy atom. The first kappa shape index (κ1) is 20.3. The number of sulfonamides is 1. The molecule has 0 radical (unpaired) electrons. The number of hydrogen-bond donors (Lipinski definition) is 0. The second-order valence-electron chi connectivity index (χ2n) is 7.11. The van der Waals surface area contributed by atoms with Crippen LogP contribution in [0.15, 0.2) is 52.7 Å². The van der Waals surface area contributed by atoms with Gasteiger partial charge in [-0.25, -0.2) is 13.4 Å². The highest BCUT2D eigenvalue weighted by Gasteiger charge is 2.29. The molecule has 152 valence electrons. The lowest BCUT2D eigenvalue weighted by Crippen LogP contribution is -2.48. The standard InChI is InChI=1S/C21H22ClN3O2S2/c1-15-4-3-5-19(16(15)2)20-14-28-21(23-20)24-10-12-25(13-11-24)29(26,27)18-8-6-17(22)7-9-18/h3-9,14H,10-13H2,1-2H3. The number of benzene rings is 2. The van der Waals surface area contributed by atoms with Crippen LogP contribution in [0.4, 0.5) is 5.13 Å². The van der Waals surface area contributed by atoms with Crippen LogP contribution in [0, 0.1) is 13.8 Å². The van der Waals surface area contributed by atoms with Gasteiger partial charge in [0.2, 0.25) is 10.0 Å². The average molecular weight is 448 g/mol. The van der Waals surface area contributed by atoms with Crippen molar-refractivity contribution in [2.24, 2.45) is 0 Å². The van der Waals surface area contributed by atoms with E-state index in [4.69, 9.17) is 16.6 Å². The fourth-order valence-corrected chi connectivity index (χ4v) is 5.86. The zero-order chi connectivity index (χ0) is 20.6. The maximum absolute atomic E-state index is 12.9. The van der Waals surface area contributed by atoms with Gasteiger partial charge in [0, 0.05) is 42.1 Å². The predicted molar refractivity (Wildman–Crippen MR) is 119 cm³/mol. The van der Waals surface area contributed by atoms with E-state index in [9.17, 15) is 8.42 Å². The average Bonchev–Trinajstić information content (AvgIpc) is 3.20. The number of rotatable bonds is 4. The third-order valence-electron chi connectivity index (χ3n) is 5.33. The van der Waals surface area contributed by atoms with Crippen LogP contribution in [0.3, 0.4) is 0 Å². The van der Waals surface area contributed by atoms with Gasteiger partial charge in [-0.1, -0.05) is 29.8 Å². The van der Waals surface area contributed by atoms with Crippen LogP contribution in [0.25, 0.3) is 11.3 Å². The van der Waals surface area contributed by atoms with E-state index in [1.807, 2.05) is 0 Å². The molecule has 0 bridgehead atoms. The smallest absolute Gasteiger partial charge is 0.243 e. The molecule has 1 aromatic heterocycles. The Morgan fingerprint density at radius 2 is 1.69 bits per heavy atom. The first-order valence-corrected chi connectivity index (χ1v) is 12.1. The second-order valence-corrected chi connectivity index (χ2v) is 10.3. The van der Waals surface area contributed by atoms with Gasteiger partial charge in [0.1, 0.15) is 0 Å². The molecule has 1 aliphatic rings. The van der Waals surface area contributed by atoms with E-state index in [1.54, 1.807) is 35.6 Å². The number of nitrogens with zero attached hydrogens (tertiary/aromatic N) is 3. The molecule has 0 spiro atoms. The largest absolute Gasteiger partial charge is 0.345 e. The lowest BCUT2D eigenvalue weighted by Gasteiger charge is -2.33. The van der Waals surface area contributed by atoms with Gasteiger partial charge in [-0.3, -0.25) is 0 Å². The zero-order valence-electron chi connectivity index (χ0n) is 16.3. The monoisotopic (exact) mass is 447 g/mol. The molecule has 2 heterocycles. The highest BCUT2D eigenvalue weighted by atomic mass is 35.5. The van der Waals surface area contributed by atoms with Gasteiger partial charge in [-0.05, 0) is 49.2 Å². The van der Waals surface area contributed by atoms with Gasteiger partial charge < -0.3 is 4.90 Å². The van der Waals surface area contributed by atoms with Crippen molar-refractivity contribution in [2.45, 2.75) is 18.7 Å². The molecule has 29 heavy (non-hydrogen) atoms. The SMILES string of the molecule is Cc1cccc(-c2csc(N3CCN(S(=O)(=O)c4ccc(Cl)cc4)CC3)n2)c1C. The molecule has 3 aromatic rings. The topological polar surface area (TPSA) is 53.5 Å². The highest BCUT2D eigenvalue weighted by molar-refractivity contribution is 7.89. The van der Waals surface area contributed by atoms with Gasteiger partial charge >= 0.3 is 0 Å². The van der Waals surface area contributed by atoms with E-state index >= 15 is 0 Å².